The van der Waals surface area contributed by atoms with E-state index < -0.39 is 0 Å². The van der Waals surface area contributed by atoms with Gasteiger partial charge in [-0.15, -0.1) is 0 Å². The van der Waals surface area contributed by atoms with Crippen LogP contribution in [0.3, 0.4) is 0 Å². The summed E-state index contributed by atoms with van der Waals surface area (Å²) in [5, 5.41) is 2.58. The van der Waals surface area contributed by atoms with E-state index in [0.717, 1.165) is 39.7 Å². The quantitative estimate of drug-likeness (QED) is 0.194. The fourth-order valence-corrected chi connectivity index (χ4v) is 10.8. The lowest BCUT2D eigenvalue weighted by molar-refractivity contribution is -0.0393. The minimum atomic E-state index is 0.0159. The van der Waals surface area contributed by atoms with E-state index in [-0.39, 0.29) is 5.41 Å². The van der Waals surface area contributed by atoms with E-state index in [0.29, 0.717) is 29.3 Å². The minimum Gasteiger partial charge on any atom is -0.456 e. The molecule has 4 heteroatoms. The zero-order valence-electron chi connectivity index (χ0n) is 27.9. The van der Waals surface area contributed by atoms with Gasteiger partial charge in [-0.25, -0.2) is 15.0 Å². The fourth-order valence-electron chi connectivity index (χ4n) is 10.8. The summed E-state index contributed by atoms with van der Waals surface area (Å²) in [6, 6.07) is 37.3. The van der Waals surface area contributed by atoms with Gasteiger partial charge in [0.05, 0.1) is 0 Å². The van der Waals surface area contributed by atoms with Gasteiger partial charge in [-0.05, 0) is 110 Å². The highest BCUT2D eigenvalue weighted by Gasteiger charge is 2.62. The van der Waals surface area contributed by atoms with Crippen LogP contribution in [0, 0.1) is 37.5 Å². The highest BCUT2D eigenvalue weighted by molar-refractivity contribution is 6.11. The SMILES string of the molecule is Cc1ccc(-c2nc(-c3ccc(C)cc3)nc(-c3ccc4c(c3)-c3ccc5oc6ccccc6c5c3C43C4CC5CC(C4)CC3C5)n2)cc1. The largest absolute Gasteiger partial charge is 0.456 e. The van der Waals surface area contributed by atoms with Gasteiger partial charge in [0.25, 0.3) is 0 Å². The summed E-state index contributed by atoms with van der Waals surface area (Å²) in [5.41, 5.74) is 13.2. The predicted octanol–water partition coefficient (Wildman–Crippen LogP) is 11.1. The van der Waals surface area contributed by atoms with Crippen molar-refractivity contribution >= 4 is 21.9 Å². The number of aryl methyl sites for hydroxylation is 2. The summed E-state index contributed by atoms with van der Waals surface area (Å²) in [7, 11) is 0. The van der Waals surface area contributed by atoms with Crippen molar-refractivity contribution in [2.75, 3.05) is 0 Å². The van der Waals surface area contributed by atoms with Gasteiger partial charge in [0.15, 0.2) is 17.5 Å². The molecule has 0 amide bonds. The van der Waals surface area contributed by atoms with Crippen LogP contribution in [0.1, 0.15) is 54.4 Å². The first-order valence-corrected chi connectivity index (χ1v) is 18.0. The molecular formula is C45H37N3O. The summed E-state index contributed by atoms with van der Waals surface area (Å²) in [6.07, 6.45) is 6.80. The molecule has 7 aromatic rings. The molecule has 0 radical (unpaired) electrons. The van der Waals surface area contributed by atoms with Crippen LogP contribution >= 0.6 is 0 Å². The minimum absolute atomic E-state index is 0.0159. The molecule has 238 valence electrons. The first kappa shape index (κ1) is 27.8. The summed E-state index contributed by atoms with van der Waals surface area (Å²) in [6.45, 7) is 4.22. The smallest absolute Gasteiger partial charge is 0.164 e. The number of hydrogen-bond donors (Lipinski definition) is 0. The van der Waals surface area contributed by atoms with Gasteiger partial charge in [-0.3, -0.25) is 0 Å². The molecule has 0 aliphatic heterocycles. The van der Waals surface area contributed by atoms with Crippen LogP contribution in [0.15, 0.2) is 108 Å². The third-order valence-electron chi connectivity index (χ3n) is 12.7. The van der Waals surface area contributed by atoms with Crippen molar-refractivity contribution in [1.29, 1.82) is 0 Å². The van der Waals surface area contributed by atoms with Gasteiger partial charge >= 0.3 is 0 Å². The van der Waals surface area contributed by atoms with E-state index in [1.165, 1.54) is 76.3 Å². The predicted molar refractivity (Wildman–Crippen MR) is 196 cm³/mol. The van der Waals surface area contributed by atoms with E-state index in [9.17, 15) is 0 Å². The average Bonchev–Trinajstić information content (AvgIpc) is 3.64. The van der Waals surface area contributed by atoms with E-state index in [1.807, 2.05) is 0 Å². The maximum absolute atomic E-state index is 6.55. The average molecular weight is 636 g/mol. The molecule has 5 aliphatic carbocycles. The molecule has 4 saturated carbocycles. The molecule has 5 aromatic carbocycles. The van der Waals surface area contributed by atoms with Crippen LogP contribution < -0.4 is 0 Å². The summed E-state index contributed by atoms with van der Waals surface area (Å²) in [5.74, 6) is 5.19. The highest BCUT2D eigenvalue weighted by Crippen LogP contribution is 2.70. The van der Waals surface area contributed by atoms with Crippen LogP contribution in [-0.2, 0) is 5.41 Å². The van der Waals surface area contributed by atoms with Crippen molar-refractivity contribution in [2.45, 2.75) is 51.4 Å². The Bertz CT molecular complexity index is 2380. The van der Waals surface area contributed by atoms with Gasteiger partial charge in [0.1, 0.15) is 11.2 Å². The second kappa shape index (κ2) is 9.98. The van der Waals surface area contributed by atoms with Crippen molar-refractivity contribution in [3.63, 3.8) is 0 Å². The Labute approximate surface area is 286 Å². The molecule has 0 atom stereocenters. The molecule has 2 heterocycles. The Balaban J connectivity index is 1.16. The number of para-hydroxylation sites is 1. The van der Waals surface area contributed by atoms with E-state index in [2.05, 4.69) is 117 Å². The van der Waals surface area contributed by atoms with Gasteiger partial charge in [0, 0.05) is 32.9 Å². The first-order chi connectivity index (χ1) is 24.0. The molecule has 12 rings (SSSR count). The first-order valence-electron chi connectivity index (χ1n) is 18.0. The number of nitrogens with zero attached hydrogens (tertiary/aromatic N) is 3. The molecule has 0 N–H and O–H groups in total. The van der Waals surface area contributed by atoms with Crippen molar-refractivity contribution < 1.29 is 4.42 Å². The summed E-state index contributed by atoms with van der Waals surface area (Å²) < 4.78 is 6.55. The van der Waals surface area contributed by atoms with E-state index in [4.69, 9.17) is 19.4 Å². The van der Waals surface area contributed by atoms with Gasteiger partial charge in [-0.1, -0.05) is 96.1 Å². The molecule has 2 aromatic heterocycles. The van der Waals surface area contributed by atoms with Crippen molar-refractivity contribution in [3.05, 3.63) is 125 Å². The monoisotopic (exact) mass is 635 g/mol. The number of benzene rings is 5. The lowest BCUT2D eigenvalue weighted by atomic mass is 9.43. The maximum atomic E-state index is 6.55. The standard InChI is InChI=1S/C45H37N3O/c1-25-7-11-29(12-8-25)42-46-43(30-13-9-26(2)10-14-30)48-44(47-42)31-15-17-37-36(24-31)34-16-18-39-40(35-5-3-4-6-38(35)49-39)41(34)45(37)32-20-27-19-28(22-32)23-33(45)21-27/h3-18,24,27-28,32-33H,19-23H2,1-2H3. The molecular weight excluding hydrogens is 599 g/mol. The van der Waals surface area contributed by atoms with Crippen LogP contribution in [0.4, 0.5) is 0 Å². The van der Waals surface area contributed by atoms with Crippen molar-refractivity contribution in [3.8, 4) is 45.3 Å². The number of hydrogen-bond acceptors (Lipinski definition) is 4. The molecule has 5 aliphatic rings. The molecule has 1 spiro atoms. The Morgan fingerprint density at radius 3 is 1.76 bits per heavy atom. The van der Waals surface area contributed by atoms with Crippen molar-refractivity contribution in [1.82, 2.24) is 15.0 Å². The number of aromatic nitrogens is 3. The Morgan fingerprint density at radius 2 is 1.12 bits per heavy atom. The molecule has 4 fully saturated rings. The van der Waals surface area contributed by atoms with E-state index in [1.54, 1.807) is 0 Å². The zero-order valence-corrected chi connectivity index (χ0v) is 27.9. The molecule has 0 unspecified atom stereocenters. The second-order valence-corrected chi connectivity index (χ2v) is 15.4. The summed E-state index contributed by atoms with van der Waals surface area (Å²) in [4.78, 5) is 15.3. The molecule has 4 bridgehead atoms. The Kier molecular flexibility index (Phi) is 5.67. The Hall–Kier alpha value is -5.09. The van der Waals surface area contributed by atoms with Gasteiger partial charge in [0.2, 0.25) is 0 Å². The second-order valence-electron chi connectivity index (χ2n) is 15.4. The van der Waals surface area contributed by atoms with Crippen molar-refractivity contribution in [2.24, 2.45) is 23.7 Å². The lowest BCUT2D eigenvalue weighted by Gasteiger charge is -2.61. The van der Waals surface area contributed by atoms with Gasteiger partial charge < -0.3 is 4.42 Å². The third-order valence-corrected chi connectivity index (χ3v) is 12.7. The molecule has 49 heavy (non-hydrogen) atoms. The van der Waals surface area contributed by atoms with Crippen LogP contribution in [-0.4, -0.2) is 15.0 Å². The highest BCUT2D eigenvalue weighted by atomic mass is 16.3. The number of fused-ring (bicyclic) bond motifs is 7. The zero-order chi connectivity index (χ0) is 32.4. The lowest BCUT2D eigenvalue weighted by Crippen LogP contribution is -2.55. The van der Waals surface area contributed by atoms with Crippen LogP contribution in [0.2, 0.25) is 0 Å². The molecule has 4 nitrogen and oxygen atoms in total. The van der Waals surface area contributed by atoms with E-state index >= 15 is 0 Å². The summed E-state index contributed by atoms with van der Waals surface area (Å²) >= 11 is 0. The van der Waals surface area contributed by atoms with Crippen LogP contribution in [0.5, 0.6) is 0 Å². The topological polar surface area (TPSA) is 51.8 Å². The molecule has 0 saturated heterocycles. The van der Waals surface area contributed by atoms with Crippen LogP contribution in [0.25, 0.3) is 67.2 Å². The Morgan fingerprint density at radius 1 is 0.551 bits per heavy atom. The normalized spacial score (nSPS) is 24.6. The maximum Gasteiger partial charge on any atom is 0.164 e. The fraction of sp³-hybridized carbons (Fsp3) is 0.267. The van der Waals surface area contributed by atoms with Gasteiger partial charge in [-0.2, -0.15) is 0 Å². The third kappa shape index (κ3) is 3.89. The number of rotatable bonds is 3. The number of furan rings is 1.